The molecular formula is C35H53N3O5. The van der Waals surface area contributed by atoms with Crippen LogP contribution in [-0.2, 0) is 14.3 Å². The molecule has 0 saturated carbocycles. The molecule has 238 valence electrons. The molecule has 3 unspecified atom stereocenters. The molecule has 2 aromatic rings. The molecule has 0 aliphatic heterocycles. The van der Waals surface area contributed by atoms with Gasteiger partial charge < -0.3 is 25.0 Å². The van der Waals surface area contributed by atoms with Crippen LogP contribution in [0.5, 0.6) is 5.75 Å². The Hall–Kier alpha value is -3.55. The number of amides is 3. The molecule has 0 heterocycles. The van der Waals surface area contributed by atoms with E-state index in [9.17, 15) is 14.4 Å². The van der Waals surface area contributed by atoms with Gasteiger partial charge in [-0.1, -0.05) is 71.1 Å². The van der Waals surface area contributed by atoms with E-state index in [1.54, 1.807) is 57.0 Å². The minimum Gasteiger partial charge on any atom is -0.497 e. The summed E-state index contributed by atoms with van der Waals surface area (Å²) in [4.78, 5) is 43.5. The van der Waals surface area contributed by atoms with E-state index in [0.29, 0.717) is 24.4 Å². The summed E-state index contributed by atoms with van der Waals surface area (Å²) in [5.74, 6) is -0.124. The zero-order chi connectivity index (χ0) is 32.2. The number of nitrogens with one attached hydrogen (secondary N) is 2. The van der Waals surface area contributed by atoms with E-state index in [4.69, 9.17) is 9.47 Å². The third-order valence-electron chi connectivity index (χ3n) is 7.67. The second kappa shape index (κ2) is 16.9. The first kappa shape index (κ1) is 35.6. The van der Waals surface area contributed by atoms with Gasteiger partial charge >= 0.3 is 6.09 Å². The van der Waals surface area contributed by atoms with Crippen molar-refractivity contribution in [1.82, 2.24) is 10.2 Å². The lowest BCUT2D eigenvalue weighted by Crippen LogP contribution is -2.55. The maximum Gasteiger partial charge on any atom is 0.408 e. The molecule has 2 aromatic carbocycles. The summed E-state index contributed by atoms with van der Waals surface area (Å²) < 4.78 is 10.8. The molecule has 0 radical (unpaired) electrons. The third kappa shape index (κ3) is 10.9. The zero-order valence-corrected chi connectivity index (χ0v) is 27.7. The summed E-state index contributed by atoms with van der Waals surface area (Å²) in [6.07, 6.45) is 4.95. The Morgan fingerprint density at radius 3 is 2.05 bits per heavy atom. The lowest BCUT2D eigenvalue weighted by molar-refractivity contribution is -0.142. The summed E-state index contributed by atoms with van der Waals surface area (Å²) in [6, 6.07) is 11.2. The average Bonchev–Trinajstić information content (AvgIpc) is 2.95. The molecule has 8 nitrogen and oxygen atoms in total. The zero-order valence-electron chi connectivity index (χ0n) is 27.7. The van der Waals surface area contributed by atoms with Gasteiger partial charge in [-0.3, -0.25) is 9.59 Å². The molecule has 0 aliphatic rings. The predicted octanol–water partition coefficient (Wildman–Crippen LogP) is 7.73. The third-order valence-corrected chi connectivity index (χ3v) is 7.67. The van der Waals surface area contributed by atoms with Crippen LogP contribution >= 0.6 is 0 Å². The minimum absolute atomic E-state index is 0.189. The van der Waals surface area contributed by atoms with Gasteiger partial charge in [0.1, 0.15) is 23.4 Å². The first-order valence-corrected chi connectivity index (χ1v) is 15.6. The van der Waals surface area contributed by atoms with Crippen LogP contribution in [0.2, 0.25) is 0 Å². The number of benzene rings is 2. The number of anilines is 1. The molecule has 0 saturated heterocycles. The number of alkyl carbamates (subject to hydrolysis) is 1. The van der Waals surface area contributed by atoms with Crippen molar-refractivity contribution in [2.75, 3.05) is 19.0 Å². The quantitative estimate of drug-likeness (QED) is 0.205. The number of aryl methyl sites for hydroxylation is 2. The van der Waals surface area contributed by atoms with Gasteiger partial charge in [-0.15, -0.1) is 0 Å². The highest BCUT2D eigenvalue weighted by molar-refractivity contribution is 5.99. The number of ether oxygens (including phenoxy) is 2. The Morgan fingerprint density at radius 2 is 1.51 bits per heavy atom. The van der Waals surface area contributed by atoms with Gasteiger partial charge in [0.25, 0.3) is 5.91 Å². The van der Waals surface area contributed by atoms with Crippen LogP contribution in [0.15, 0.2) is 42.5 Å². The smallest absolute Gasteiger partial charge is 0.408 e. The van der Waals surface area contributed by atoms with Crippen molar-refractivity contribution in [3.63, 3.8) is 0 Å². The number of nitrogens with zero attached hydrogens (tertiary/aromatic N) is 1. The van der Waals surface area contributed by atoms with Crippen LogP contribution in [0.25, 0.3) is 0 Å². The Balaban J connectivity index is 2.61. The van der Waals surface area contributed by atoms with Crippen molar-refractivity contribution in [1.29, 1.82) is 0 Å². The Labute approximate surface area is 258 Å². The molecule has 3 atom stereocenters. The van der Waals surface area contributed by atoms with E-state index in [1.807, 2.05) is 45.9 Å². The molecule has 0 spiro atoms. The molecule has 8 heteroatoms. The average molecular weight is 596 g/mol. The standard InChI is InChI=1S/C35H53N3O5/c1-10-12-13-14-15-23-38(33(40)30(24(3)11-2)37-34(41)43-35(6,7)8)31(29-25(4)17-16-18-26(29)5)32(39)36-27-19-21-28(42-9)22-20-27/h16-22,24,30-31H,10-15,23H2,1-9H3,(H,36,39)(H,37,41). The molecule has 43 heavy (non-hydrogen) atoms. The van der Waals surface area contributed by atoms with Gasteiger partial charge in [-0.2, -0.15) is 0 Å². The van der Waals surface area contributed by atoms with E-state index >= 15 is 0 Å². The van der Waals surface area contributed by atoms with Gasteiger partial charge in [0.05, 0.1) is 7.11 Å². The van der Waals surface area contributed by atoms with Gasteiger partial charge in [0.2, 0.25) is 5.91 Å². The highest BCUT2D eigenvalue weighted by Gasteiger charge is 2.39. The van der Waals surface area contributed by atoms with Crippen LogP contribution in [0.1, 0.15) is 103 Å². The molecule has 2 N–H and O–H groups in total. The topological polar surface area (TPSA) is 97.0 Å². The molecule has 2 rings (SSSR count). The first-order chi connectivity index (χ1) is 20.3. The first-order valence-electron chi connectivity index (χ1n) is 15.6. The predicted molar refractivity (Wildman–Crippen MR) is 173 cm³/mol. The number of hydrogen-bond acceptors (Lipinski definition) is 5. The Kier molecular flexibility index (Phi) is 14.0. The van der Waals surface area contributed by atoms with E-state index < -0.39 is 23.8 Å². The van der Waals surface area contributed by atoms with Gasteiger partial charge in [-0.25, -0.2) is 4.79 Å². The van der Waals surface area contributed by atoms with Crippen LogP contribution in [0.3, 0.4) is 0 Å². The lowest BCUT2D eigenvalue weighted by atomic mass is 9.91. The van der Waals surface area contributed by atoms with Crippen molar-refractivity contribution in [3.05, 3.63) is 59.2 Å². The molecule has 0 bridgehead atoms. The van der Waals surface area contributed by atoms with Crippen LogP contribution in [-0.4, -0.2) is 48.1 Å². The number of carbonyl (C=O) groups is 3. The lowest BCUT2D eigenvalue weighted by Gasteiger charge is -2.37. The second-order valence-corrected chi connectivity index (χ2v) is 12.4. The van der Waals surface area contributed by atoms with E-state index in [0.717, 1.165) is 48.8 Å². The Morgan fingerprint density at radius 1 is 0.907 bits per heavy atom. The summed E-state index contributed by atoms with van der Waals surface area (Å²) in [5, 5.41) is 5.90. The highest BCUT2D eigenvalue weighted by atomic mass is 16.6. The largest absolute Gasteiger partial charge is 0.497 e. The van der Waals surface area contributed by atoms with Crippen molar-refractivity contribution >= 4 is 23.6 Å². The molecule has 0 fully saturated rings. The number of hydrogen-bond donors (Lipinski definition) is 2. The van der Waals surface area contributed by atoms with Gasteiger partial charge in [0.15, 0.2) is 0 Å². The van der Waals surface area contributed by atoms with Gasteiger partial charge in [0, 0.05) is 12.2 Å². The second-order valence-electron chi connectivity index (χ2n) is 12.4. The maximum absolute atomic E-state index is 14.6. The van der Waals surface area contributed by atoms with E-state index in [2.05, 4.69) is 17.6 Å². The fourth-order valence-electron chi connectivity index (χ4n) is 5.12. The van der Waals surface area contributed by atoms with E-state index in [-0.39, 0.29) is 17.7 Å². The van der Waals surface area contributed by atoms with E-state index in [1.165, 1.54) is 0 Å². The molecular weight excluding hydrogens is 542 g/mol. The monoisotopic (exact) mass is 595 g/mol. The maximum atomic E-state index is 14.6. The van der Waals surface area contributed by atoms with Crippen molar-refractivity contribution in [2.24, 2.45) is 5.92 Å². The number of carbonyl (C=O) groups excluding carboxylic acids is 3. The van der Waals surface area contributed by atoms with Crippen molar-refractivity contribution in [2.45, 2.75) is 112 Å². The normalized spacial score (nSPS) is 13.4. The number of unbranched alkanes of at least 4 members (excludes halogenated alkanes) is 4. The minimum atomic E-state index is -0.908. The summed E-state index contributed by atoms with van der Waals surface area (Å²) in [6.45, 7) is 15.7. The molecule has 0 aliphatic carbocycles. The van der Waals surface area contributed by atoms with Crippen LogP contribution < -0.4 is 15.4 Å². The summed E-state index contributed by atoms with van der Waals surface area (Å²) in [5.41, 5.74) is 2.50. The van der Waals surface area contributed by atoms with Crippen LogP contribution in [0.4, 0.5) is 10.5 Å². The molecule has 0 aromatic heterocycles. The van der Waals surface area contributed by atoms with Crippen LogP contribution in [0, 0.1) is 19.8 Å². The number of rotatable bonds is 15. The Bertz CT molecular complexity index is 1170. The summed E-state index contributed by atoms with van der Waals surface area (Å²) >= 11 is 0. The fraction of sp³-hybridized carbons (Fsp3) is 0.571. The SMILES string of the molecule is CCCCCCCN(C(=O)C(NC(=O)OC(C)(C)C)C(C)CC)C(C(=O)Nc1ccc(OC)cc1)c1c(C)cccc1C. The molecule has 3 amide bonds. The van der Waals surface area contributed by atoms with Crippen molar-refractivity contribution in [3.8, 4) is 5.75 Å². The van der Waals surface area contributed by atoms with Gasteiger partial charge in [-0.05, 0) is 87.9 Å². The fourth-order valence-corrected chi connectivity index (χ4v) is 5.12. The summed E-state index contributed by atoms with van der Waals surface area (Å²) in [7, 11) is 1.59. The highest BCUT2D eigenvalue weighted by Crippen LogP contribution is 2.31. The van der Waals surface area contributed by atoms with Crippen molar-refractivity contribution < 1.29 is 23.9 Å². The number of methoxy groups -OCH3 is 1.